The highest BCUT2D eigenvalue weighted by molar-refractivity contribution is 5.86. The second-order valence-corrected chi connectivity index (χ2v) is 4.80. The Morgan fingerprint density at radius 3 is 2.22 bits per heavy atom. The smallest absolute Gasteiger partial charge is 0.393 e. The number of nitrogens with zero attached hydrogens (tertiary/aromatic N) is 3. The number of nitro benzene ring substituents is 2. The van der Waals surface area contributed by atoms with Gasteiger partial charge in [0.2, 0.25) is 0 Å². The summed E-state index contributed by atoms with van der Waals surface area (Å²) in [5, 5.41) is 31.5. The van der Waals surface area contributed by atoms with Crippen LogP contribution in [-0.2, 0) is 6.18 Å². The summed E-state index contributed by atoms with van der Waals surface area (Å²) in [6.07, 6.45) is -6.14. The Kier molecular flexibility index (Phi) is 5.00. The van der Waals surface area contributed by atoms with Gasteiger partial charge in [0.05, 0.1) is 21.5 Å². The molecule has 1 aromatic rings. The normalized spacial score (nSPS) is 12.8. The summed E-state index contributed by atoms with van der Waals surface area (Å²) in [7, 11) is 1.16. The number of halogens is 3. The van der Waals surface area contributed by atoms with Crippen LogP contribution in [0.2, 0.25) is 0 Å². The minimum atomic E-state index is -5.10. The molecule has 0 aromatic heterocycles. The number of benzene rings is 1. The Morgan fingerprint density at radius 1 is 1.35 bits per heavy atom. The van der Waals surface area contributed by atoms with Crippen LogP contribution < -0.4 is 10.6 Å². The molecule has 12 heteroatoms. The van der Waals surface area contributed by atoms with Crippen LogP contribution in [0.25, 0.3) is 0 Å². The molecule has 0 saturated carbocycles. The standard InChI is InChI=1S/C11H13F3N4O5/c1-5(19)4-16(2)9-7(17(20)21)3-6(11(12,13)14)8(15)10(9)18(22)23/h3,5,19H,4,15H2,1-2H3. The summed E-state index contributed by atoms with van der Waals surface area (Å²) < 4.78 is 38.7. The Labute approximate surface area is 127 Å². The van der Waals surface area contributed by atoms with Gasteiger partial charge in [-0.1, -0.05) is 0 Å². The highest BCUT2D eigenvalue weighted by atomic mass is 19.4. The highest BCUT2D eigenvalue weighted by Crippen LogP contribution is 2.47. The van der Waals surface area contributed by atoms with Gasteiger partial charge in [-0.25, -0.2) is 0 Å². The van der Waals surface area contributed by atoms with Crippen molar-refractivity contribution in [2.45, 2.75) is 19.2 Å². The number of nitro groups is 2. The molecule has 0 aliphatic heterocycles. The monoisotopic (exact) mass is 338 g/mol. The molecule has 1 atom stereocenters. The van der Waals surface area contributed by atoms with Gasteiger partial charge in [0, 0.05) is 19.7 Å². The van der Waals surface area contributed by atoms with E-state index in [9.17, 15) is 38.5 Å². The minimum absolute atomic E-state index is 0.149. The molecule has 0 amide bonds. The van der Waals surface area contributed by atoms with Crippen molar-refractivity contribution in [1.82, 2.24) is 0 Å². The highest BCUT2D eigenvalue weighted by Gasteiger charge is 2.42. The van der Waals surface area contributed by atoms with Crippen molar-refractivity contribution in [2.75, 3.05) is 24.2 Å². The lowest BCUT2D eigenvalue weighted by Crippen LogP contribution is -2.29. The lowest BCUT2D eigenvalue weighted by molar-refractivity contribution is -0.392. The summed E-state index contributed by atoms with van der Waals surface area (Å²) in [6, 6.07) is 0.149. The van der Waals surface area contributed by atoms with Crippen LogP contribution >= 0.6 is 0 Å². The topological polar surface area (TPSA) is 136 Å². The number of nitrogens with two attached hydrogens (primary N) is 1. The van der Waals surface area contributed by atoms with Crippen molar-refractivity contribution in [3.05, 3.63) is 31.9 Å². The van der Waals surface area contributed by atoms with E-state index in [0.29, 0.717) is 0 Å². The molecule has 0 radical (unpaired) electrons. The maximum absolute atomic E-state index is 12.9. The predicted octanol–water partition coefficient (Wildman–Crippen LogP) is 1.92. The van der Waals surface area contributed by atoms with E-state index in [4.69, 9.17) is 5.73 Å². The first-order chi connectivity index (χ1) is 10.4. The molecule has 1 rings (SSSR count). The predicted molar refractivity (Wildman–Crippen MR) is 74.1 cm³/mol. The average Bonchev–Trinajstić information content (AvgIpc) is 2.34. The van der Waals surface area contributed by atoms with Gasteiger partial charge < -0.3 is 15.7 Å². The van der Waals surface area contributed by atoms with Crippen LogP contribution in [0.15, 0.2) is 6.07 Å². The second-order valence-electron chi connectivity index (χ2n) is 4.80. The molecule has 9 nitrogen and oxygen atoms in total. The van der Waals surface area contributed by atoms with E-state index in [1.54, 1.807) is 0 Å². The fourth-order valence-electron chi connectivity index (χ4n) is 2.08. The van der Waals surface area contributed by atoms with Crippen molar-refractivity contribution in [1.29, 1.82) is 0 Å². The molecule has 0 saturated heterocycles. The zero-order valence-electron chi connectivity index (χ0n) is 12.0. The van der Waals surface area contributed by atoms with Crippen LogP contribution in [-0.4, -0.2) is 34.6 Å². The first-order valence-electron chi connectivity index (χ1n) is 6.09. The first-order valence-corrected chi connectivity index (χ1v) is 6.09. The van der Waals surface area contributed by atoms with Crippen LogP contribution in [0.1, 0.15) is 12.5 Å². The van der Waals surface area contributed by atoms with E-state index in [1.165, 1.54) is 6.92 Å². The van der Waals surface area contributed by atoms with E-state index >= 15 is 0 Å². The van der Waals surface area contributed by atoms with Crippen LogP contribution in [0.4, 0.5) is 35.9 Å². The van der Waals surface area contributed by atoms with Crippen molar-refractivity contribution < 1.29 is 28.1 Å². The third kappa shape index (κ3) is 3.77. The SMILES string of the molecule is CC(O)CN(C)c1c([N+](=O)[O-])cc(C(F)(F)F)c(N)c1[N+](=O)[O-]. The molecule has 128 valence electrons. The van der Waals surface area contributed by atoms with E-state index < -0.39 is 50.4 Å². The van der Waals surface area contributed by atoms with Crippen LogP contribution in [0.3, 0.4) is 0 Å². The van der Waals surface area contributed by atoms with Gasteiger partial charge in [0.1, 0.15) is 5.69 Å². The van der Waals surface area contributed by atoms with E-state index in [2.05, 4.69) is 0 Å². The lowest BCUT2D eigenvalue weighted by atomic mass is 10.1. The third-order valence-corrected chi connectivity index (χ3v) is 2.90. The molecule has 23 heavy (non-hydrogen) atoms. The number of alkyl halides is 3. The molecule has 1 aromatic carbocycles. The van der Waals surface area contributed by atoms with Crippen molar-refractivity contribution >= 4 is 22.7 Å². The number of hydrogen-bond acceptors (Lipinski definition) is 7. The largest absolute Gasteiger partial charge is 0.418 e. The summed E-state index contributed by atoms with van der Waals surface area (Å²) in [5.41, 5.74) is -0.702. The summed E-state index contributed by atoms with van der Waals surface area (Å²) in [5.74, 6) is 0. The summed E-state index contributed by atoms with van der Waals surface area (Å²) >= 11 is 0. The number of likely N-dealkylation sites (N-methyl/N-ethyl adjacent to an activating group) is 1. The fraction of sp³-hybridized carbons (Fsp3) is 0.455. The minimum Gasteiger partial charge on any atom is -0.393 e. The first kappa shape index (κ1) is 18.4. The van der Waals surface area contributed by atoms with E-state index in [1.807, 2.05) is 0 Å². The van der Waals surface area contributed by atoms with Gasteiger partial charge in [-0.15, -0.1) is 0 Å². The van der Waals surface area contributed by atoms with Gasteiger partial charge in [0.15, 0.2) is 5.69 Å². The Hall–Kier alpha value is -2.63. The average molecular weight is 338 g/mol. The molecule has 0 aliphatic carbocycles. The van der Waals surface area contributed by atoms with E-state index in [-0.39, 0.29) is 12.6 Å². The Morgan fingerprint density at radius 2 is 1.87 bits per heavy atom. The number of anilines is 2. The number of aliphatic hydroxyl groups is 1. The van der Waals surface area contributed by atoms with Gasteiger partial charge in [0.25, 0.3) is 5.69 Å². The molecule has 0 aliphatic rings. The summed E-state index contributed by atoms with van der Waals surface area (Å²) in [6.45, 7) is 1.02. The second kappa shape index (κ2) is 6.24. The quantitative estimate of drug-likeness (QED) is 0.475. The van der Waals surface area contributed by atoms with Crippen LogP contribution in [0, 0.1) is 20.2 Å². The molecule has 0 heterocycles. The van der Waals surface area contributed by atoms with Gasteiger partial charge >= 0.3 is 11.9 Å². The zero-order valence-corrected chi connectivity index (χ0v) is 12.0. The van der Waals surface area contributed by atoms with Crippen LogP contribution in [0.5, 0.6) is 0 Å². The molecule has 1 unspecified atom stereocenters. The molecule has 3 N–H and O–H groups in total. The Balaban J connectivity index is 3.82. The maximum Gasteiger partial charge on any atom is 0.418 e. The summed E-state index contributed by atoms with van der Waals surface area (Å²) in [4.78, 5) is 20.7. The molecular formula is C11H13F3N4O5. The number of nitrogen functional groups attached to an aromatic ring is 1. The van der Waals surface area contributed by atoms with Gasteiger partial charge in [-0.3, -0.25) is 20.2 Å². The molecule has 0 fully saturated rings. The van der Waals surface area contributed by atoms with Gasteiger partial charge in [-0.05, 0) is 6.92 Å². The lowest BCUT2D eigenvalue weighted by Gasteiger charge is -2.22. The fourth-order valence-corrected chi connectivity index (χ4v) is 2.08. The maximum atomic E-state index is 12.9. The molecule has 0 bridgehead atoms. The molecule has 0 spiro atoms. The van der Waals surface area contributed by atoms with Crippen molar-refractivity contribution in [3.8, 4) is 0 Å². The number of aliphatic hydroxyl groups excluding tert-OH is 1. The van der Waals surface area contributed by atoms with Gasteiger partial charge in [-0.2, -0.15) is 13.2 Å². The number of rotatable bonds is 5. The van der Waals surface area contributed by atoms with Crippen molar-refractivity contribution in [2.24, 2.45) is 0 Å². The third-order valence-electron chi connectivity index (χ3n) is 2.90. The van der Waals surface area contributed by atoms with E-state index in [0.717, 1.165) is 11.9 Å². The Bertz CT molecular complexity index is 648. The number of hydrogen-bond donors (Lipinski definition) is 2. The zero-order chi connectivity index (χ0) is 18.1. The van der Waals surface area contributed by atoms with Crippen molar-refractivity contribution in [3.63, 3.8) is 0 Å². The molecular weight excluding hydrogens is 325 g/mol.